The van der Waals surface area contributed by atoms with Gasteiger partial charge in [0.1, 0.15) is 6.21 Å². The van der Waals surface area contributed by atoms with E-state index in [1.54, 1.807) is 0 Å². The summed E-state index contributed by atoms with van der Waals surface area (Å²) in [5, 5.41) is 13.6. The first-order chi connectivity index (χ1) is 8.16. The number of quaternary nitrogens is 1. The minimum Gasteiger partial charge on any atom is -1.00 e. The summed E-state index contributed by atoms with van der Waals surface area (Å²) in [6.45, 7) is 4.27. The zero-order chi connectivity index (χ0) is 12.6. The van der Waals surface area contributed by atoms with Crippen LogP contribution in [0.3, 0.4) is 0 Å². The first-order valence-corrected chi connectivity index (χ1v) is 6.45. The van der Waals surface area contributed by atoms with Crippen LogP contribution in [0.25, 0.3) is 0 Å². The van der Waals surface area contributed by atoms with Crippen molar-refractivity contribution < 1.29 is 38.5 Å². The van der Waals surface area contributed by atoms with Crippen molar-refractivity contribution in [3.8, 4) is 0 Å². The van der Waals surface area contributed by atoms with Crippen LogP contribution in [0, 0.1) is 0 Å². The number of hydrogen-bond acceptors (Lipinski definition) is 3. The van der Waals surface area contributed by atoms with Gasteiger partial charge in [-0.2, -0.15) is 0 Å². The van der Waals surface area contributed by atoms with E-state index in [1.807, 2.05) is 0 Å². The number of oxime groups is 1. The molecule has 0 unspecified atom stereocenters. The van der Waals surface area contributed by atoms with Crippen molar-refractivity contribution in [1.29, 1.82) is 0 Å². The van der Waals surface area contributed by atoms with Crippen molar-refractivity contribution in [2.75, 3.05) is 33.2 Å². The molecule has 1 aliphatic heterocycles. The standard InChI is InChI=1S/C12H23N3O2.HI/c1-15(8-4-2-3-5-9-15)10-6-7-13-12(16)11-14-17;/h11H,2-10H2,1H3,(H-,13,16,17);1H. The fourth-order valence-corrected chi connectivity index (χ4v) is 2.45. The van der Waals surface area contributed by atoms with Gasteiger partial charge in [-0.3, -0.25) is 4.79 Å². The largest absolute Gasteiger partial charge is 1.00 e. The molecule has 2 N–H and O–H groups in total. The lowest BCUT2D eigenvalue weighted by molar-refractivity contribution is -0.908. The molecule has 106 valence electrons. The maximum atomic E-state index is 11.0. The summed E-state index contributed by atoms with van der Waals surface area (Å²) >= 11 is 0. The third-order valence-corrected chi connectivity index (χ3v) is 3.49. The van der Waals surface area contributed by atoms with E-state index >= 15 is 0 Å². The Balaban J connectivity index is 0.00000289. The molecule has 18 heavy (non-hydrogen) atoms. The molecule has 1 heterocycles. The molecule has 1 aliphatic rings. The van der Waals surface area contributed by atoms with E-state index in [9.17, 15) is 4.79 Å². The molecule has 6 heteroatoms. The van der Waals surface area contributed by atoms with E-state index < -0.39 is 0 Å². The number of amides is 1. The van der Waals surface area contributed by atoms with Gasteiger partial charge in [-0.25, -0.2) is 0 Å². The number of hydrogen-bond donors (Lipinski definition) is 2. The summed E-state index contributed by atoms with van der Waals surface area (Å²) in [5.74, 6) is -0.328. The minimum absolute atomic E-state index is 0. The number of likely N-dealkylation sites (tertiary alicyclic amines) is 1. The second-order valence-corrected chi connectivity index (χ2v) is 5.09. The van der Waals surface area contributed by atoms with Crippen LogP contribution in [0.1, 0.15) is 32.1 Å². The lowest BCUT2D eigenvalue weighted by atomic mass is 10.2. The summed E-state index contributed by atoms with van der Waals surface area (Å²) in [5.41, 5.74) is 0. The normalized spacial score (nSPS) is 18.9. The Hall–Kier alpha value is -0.370. The van der Waals surface area contributed by atoms with Gasteiger partial charge in [0.2, 0.25) is 0 Å². The Morgan fingerprint density at radius 1 is 1.33 bits per heavy atom. The predicted octanol–water partition coefficient (Wildman–Crippen LogP) is -2.02. The van der Waals surface area contributed by atoms with E-state index in [2.05, 4.69) is 17.5 Å². The Kier molecular flexibility index (Phi) is 9.35. The van der Waals surface area contributed by atoms with E-state index in [1.165, 1.54) is 38.8 Å². The van der Waals surface area contributed by atoms with Crippen molar-refractivity contribution in [3.05, 3.63) is 0 Å². The van der Waals surface area contributed by atoms with E-state index in [0.29, 0.717) is 6.54 Å². The Morgan fingerprint density at radius 2 is 1.94 bits per heavy atom. The molecule has 0 aromatic heterocycles. The summed E-state index contributed by atoms with van der Waals surface area (Å²) in [6, 6.07) is 0. The second kappa shape index (κ2) is 9.55. The van der Waals surface area contributed by atoms with Crippen molar-refractivity contribution >= 4 is 12.1 Å². The number of carbonyl (C=O) groups excluding carboxylic acids is 1. The Bertz CT molecular complexity index is 264. The average Bonchev–Trinajstić information content (AvgIpc) is 2.51. The topological polar surface area (TPSA) is 61.7 Å². The van der Waals surface area contributed by atoms with Crippen LogP contribution in [0.5, 0.6) is 0 Å². The van der Waals surface area contributed by atoms with Crippen molar-refractivity contribution in [1.82, 2.24) is 5.32 Å². The van der Waals surface area contributed by atoms with Crippen LogP contribution in [0.2, 0.25) is 0 Å². The molecule has 0 spiro atoms. The predicted molar refractivity (Wildman–Crippen MR) is 67.2 cm³/mol. The summed E-state index contributed by atoms with van der Waals surface area (Å²) in [4.78, 5) is 11.0. The molecule has 0 aliphatic carbocycles. The Morgan fingerprint density at radius 3 is 2.50 bits per heavy atom. The van der Waals surface area contributed by atoms with Gasteiger partial charge in [0.25, 0.3) is 5.91 Å². The maximum Gasteiger partial charge on any atom is 0.265 e. The van der Waals surface area contributed by atoms with Gasteiger partial charge in [0.15, 0.2) is 0 Å². The molecule has 1 saturated heterocycles. The summed E-state index contributed by atoms with van der Waals surface area (Å²) in [6.07, 6.45) is 7.22. The number of nitrogens with zero attached hydrogens (tertiary/aromatic N) is 2. The highest BCUT2D eigenvalue weighted by Crippen LogP contribution is 2.16. The second-order valence-electron chi connectivity index (χ2n) is 5.09. The van der Waals surface area contributed by atoms with Gasteiger partial charge >= 0.3 is 0 Å². The molecule has 1 rings (SSSR count). The molecule has 0 saturated carbocycles. The van der Waals surface area contributed by atoms with Gasteiger partial charge in [0, 0.05) is 13.0 Å². The zero-order valence-corrected chi connectivity index (χ0v) is 13.2. The molecule has 0 bridgehead atoms. The van der Waals surface area contributed by atoms with Gasteiger partial charge in [-0.05, 0) is 25.7 Å². The van der Waals surface area contributed by atoms with Gasteiger partial charge in [-0.15, -0.1) is 0 Å². The number of nitrogens with one attached hydrogen (secondary N) is 1. The molecular formula is C12H24IN3O2. The third-order valence-electron chi connectivity index (χ3n) is 3.49. The van der Waals surface area contributed by atoms with Crippen LogP contribution in [-0.2, 0) is 4.79 Å². The summed E-state index contributed by atoms with van der Waals surface area (Å²) in [7, 11) is 2.31. The smallest absolute Gasteiger partial charge is 0.265 e. The SMILES string of the molecule is C[N+]1(CCCNC(=O)/C=N/O)CCCCCC1.[I-]. The first-order valence-electron chi connectivity index (χ1n) is 6.45. The molecular weight excluding hydrogens is 345 g/mol. The van der Waals surface area contributed by atoms with E-state index in [4.69, 9.17) is 5.21 Å². The summed E-state index contributed by atoms with van der Waals surface area (Å²) < 4.78 is 1.13. The van der Waals surface area contributed by atoms with Crippen LogP contribution in [0.15, 0.2) is 5.16 Å². The highest BCUT2D eigenvalue weighted by Gasteiger charge is 2.22. The molecule has 0 aromatic carbocycles. The lowest BCUT2D eigenvalue weighted by Crippen LogP contribution is -3.00. The molecule has 5 nitrogen and oxygen atoms in total. The lowest BCUT2D eigenvalue weighted by Gasteiger charge is -2.33. The highest BCUT2D eigenvalue weighted by atomic mass is 127. The molecule has 0 radical (unpaired) electrons. The zero-order valence-electron chi connectivity index (χ0n) is 11.1. The van der Waals surface area contributed by atoms with Crippen LogP contribution in [-0.4, -0.2) is 55.0 Å². The molecule has 1 amide bonds. The third kappa shape index (κ3) is 7.15. The fraction of sp³-hybridized carbons (Fsp3) is 0.833. The minimum atomic E-state index is -0.328. The van der Waals surface area contributed by atoms with Gasteiger partial charge < -0.3 is 39.0 Å². The van der Waals surface area contributed by atoms with Crippen LogP contribution in [0.4, 0.5) is 0 Å². The first kappa shape index (κ1) is 17.6. The molecule has 1 fully saturated rings. The number of rotatable bonds is 5. The monoisotopic (exact) mass is 369 g/mol. The van der Waals surface area contributed by atoms with Gasteiger partial charge in [0.05, 0.1) is 26.7 Å². The average molecular weight is 369 g/mol. The van der Waals surface area contributed by atoms with Gasteiger partial charge in [-0.1, -0.05) is 5.16 Å². The number of halogens is 1. The van der Waals surface area contributed by atoms with Crippen LogP contribution >= 0.6 is 0 Å². The fourth-order valence-electron chi connectivity index (χ4n) is 2.45. The highest BCUT2D eigenvalue weighted by molar-refractivity contribution is 6.25. The number of carbonyl (C=O) groups is 1. The van der Waals surface area contributed by atoms with E-state index in [0.717, 1.165) is 23.7 Å². The Labute approximate surface area is 126 Å². The molecule has 0 atom stereocenters. The van der Waals surface area contributed by atoms with E-state index in [-0.39, 0.29) is 29.9 Å². The van der Waals surface area contributed by atoms with Crippen molar-refractivity contribution in [3.63, 3.8) is 0 Å². The van der Waals surface area contributed by atoms with Crippen LogP contribution < -0.4 is 29.3 Å². The maximum absolute atomic E-state index is 11.0. The quantitative estimate of drug-likeness (QED) is 0.147. The van der Waals surface area contributed by atoms with Crippen molar-refractivity contribution in [2.45, 2.75) is 32.1 Å². The molecule has 0 aromatic rings. The van der Waals surface area contributed by atoms with Crippen molar-refractivity contribution in [2.24, 2.45) is 5.16 Å².